The van der Waals surface area contributed by atoms with Crippen LogP contribution < -0.4 is 5.32 Å². The van der Waals surface area contributed by atoms with Crippen LogP contribution in [0.15, 0.2) is 24.4 Å². The van der Waals surface area contributed by atoms with Gasteiger partial charge in [-0.3, -0.25) is 19.6 Å². The summed E-state index contributed by atoms with van der Waals surface area (Å²) in [5.41, 5.74) is 2.95. The lowest BCUT2D eigenvalue weighted by Crippen LogP contribution is -2.26. The molecule has 1 N–H and O–H groups in total. The van der Waals surface area contributed by atoms with Crippen molar-refractivity contribution in [3.05, 3.63) is 51.3 Å². The highest BCUT2D eigenvalue weighted by molar-refractivity contribution is 5.94. The summed E-state index contributed by atoms with van der Waals surface area (Å²) in [4.78, 5) is 22.8. The van der Waals surface area contributed by atoms with Gasteiger partial charge in [0.25, 0.3) is 0 Å². The molecule has 1 atom stereocenters. The maximum Gasteiger partial charge on any atom is 0.309 e. The number of amides is 1. The van der Waals surface area contributed by atoms with E-state index in [1.165, 1.54) is 4.68 Å². The first-order valence-corrected chi connectivity index (χ1v) is 6.88. The number of carbonyl (C=O) groups excluding carboxylic acids is 1. The summed E-state index contributed by atoms with van der Waals surface area (Å²) in [7, 11) is 0. The van der Waals surface area contributed by atoms with E-state index in [1.807, 2.05) is 32.0 Å². The van der Waals surface area contributed by atoms with E-state index in [1.54, 1.807) is 13.8 Å². The molecule has 116 valence electrons. The number of benzene rings is 1. The van der Waals surface area contributed by atoms with Crippen molar-refractivity contribution in [1.29, 1.82) is 0 Å². The highest BCUT2D eigenvalue weighted by atomic mass is 16.6. The largest absolute Gasteiger partial charge is 0.324 e. The Kier molecular flexibility index (Phi) is 4.25. The zero-order valence-electron chi connectivity index (χ0n) is 13.0. The number of hydrogen-bond acceptors (Lipinski definition) is 4. The number of nitrogens with zero attached hydrogens (tertiary/aromatic N) is 3. The predicted octanol–water partition coefficient (Wildman–Crippen LogP) is 2.92. The number of aryl methyl sites for hydroxylation is 2. The van der Waals surface area contributed by atoms with Crippen LogP contribution in [0.3, 0.4) is 0 Å². The third-order valence-corrected chi connectivity index (χ3v) is 3.69. The second-order valence-corrected chi connectivity index (χ2v) is 5.25. The number of nitrogens with one attached hydrogen (secondary N) is 1. The SMILES string of the molecule is Cc1cccc(C)c1NC(=O)C(C)n1ncc([N+](=O)[O-])c1C. The lowest BCUT2D eigenvalue weighted by Gasteiger charge is -2.16. The van der Waals surface area contributed by atoms with Crippen molar-refractivity contribution in [1.82, 2.24) is 9.78 Å². The van der Waals surface area contributed by atoms with Gasteiger partial charge in [0, 0.05) is 5.69 Å². The van der Waals surface area contributed by atoms with E-state index in [9.17, 15) is 14.9 Å². The highest BCUT2D eigenvalue weighted by Crippen LogP contribution is 2.23. The molecule has 22 heavy (non-hydrogen) atoms. The molecule has 0 aliphatic rings. The van der Waals surface area contributed by atoms with Crippen molar-refractivity contribution in [3.63, 3.8) is 0 Å². The van der Waals surface area contributed by atoms with Crippen molar-refractivity contribution in [2.45, 2.75) is 33.7 Å². The first kappa shape index (κ1) is 15.7. The number of carbonyl (C=O) groups is 1. The Morgan fingerprint density at radius 3 is 2.41 bits per heavy atom. The second kappa shape index (κ2) is 5.97. The van der Waals surface area contributed by atoms with Gasteiger partial charge in [0.1, 0.15) is 17.9 Å². The fraction of sp³-hybridized carbons (Fsp3) is 0.333. The molecule has 1 heterocycles. The van der Waals surface area contributed by atoms with Crippen LogP contribution in [0.4, 0.5) is 11.4 Å². The van der Waals surface area contributed by atoms with Gasteiger partial charge in [-0.05, 0) is 38.8 Å². The Morgan fingerprint density at radius 1 is 1.32 bits per heavy atom. The van der Waals surface area contributed by atoms with Gasteiger partial charge in [-0.1, -0.05) is 18.2 Å². The minimum atomic E-state index is -0.646. The molecule has 0 saturated carbocycles. The average Bonchev–Trinajstić information content (AvgIpc) is 2.84. The van der Waals surface area contributed by atoms with Gasteiger partial charge >= 0.3 is 5.69 Å². The van der Waals surface area contributed by atoms with Crippen LogP contribution >= 0.6 is 0 Å². The Labute approximate surface area is 128 Å². The van der Waals surface area contributed by atoms with Gasteiger partial charge in [0.15, 0.2) is 0 Å². The average molecular weight is 302 g/mol. The molecule has 0 bridgehead atoms. The number of hydrogen-bond donors (Lipinski definition) is 1. The smallest absolute Gasteiger partial charge is 0.309 e. The van der Waals surface area contributed by atoms with Crippen molar-refractivity contribution in [2.75, 3.05) is 5.32 Å². The second-order valence-electron chi connectivity index (χ2n) is 5.25. The lowest BCUT2D eigenvalue weighted by atomic mass is 10.1. The molecule has 0 spiro atoms. The monoisotopic (exact) mass is 302 g/mol. The van der Waals surface area contributed by atoms with Crippen molar-refractivity contribution >= 4 is 17.3 Å². The Balaban J connectivity index is 2.25. The molecular weight excluding hydrogens is 284 g/mol. The molecular formula is C15H18N4O3. The summed E-state index contributed by atoms with van der Waals surface area (Å²) >= 11 is 0. The van der Waals surface area contributed by atoms with E-state index in [2.05, 4.69) is 10.4 Å². The molecule has 0 radical (unpaired) electrons. The van der Waals surface area contributed by atoms with E-state index < -0.39 is 11.0 Å². The fourth-order valence-electron chi connectivity index (χ4n) is 2.33. The first-order chi connectivity index (χ1) is 10.3. The standard InChI is InChI=1S/C15H18N4O3/c1-9-6-5-7-10(2)14(9)17-15(20)12(4)18-11(3)13(8-16-18)19(21)22/h5-8,12H,1-4H3,(H,17,20). The predicted molar refractivity (Wildman–Crippen MR) is 82.9 cm³/mol. The molecule has 1 amide bonds. The Morgan fingerprint density at radius 2 is 1.91 bits per heavy atom. The van der Waals surface area contributed by atoms with Crippen LogP contribution in [0.25, 0.3) is 0 Å². The number of nitro groups is 1. The van der Waals surface area contributed by atoms with Crippen LogP contribution in [-0.4, -0.2) is 20.6 Å². The number of aromatic nitrogens is 2. The van der Waals surface area contributed by atoms with E-state index in [0.717, 1.165) is 23.0 Å². The number of anilines is 1. The molecule has 1 unspecified atom stereocenters. The first-order valence-electron chi connectivity index (χ1n) is 6.88. The van der Waals surface area contributed by atoms with Gasteiger partial charge < -0.3 is 5.32 Å². The van der Waals surface area contributed by atoms with Gasteiger partial charge in [0.2, 0.25) is 5.91 Å². The van der Waals surface area contributed by atoms with Crippen molar-refractivity contribution in [3.8, 4) is 0 Å². The zero-order chi connectivity index (χ0) is 16.4. The Bertz CT molecular complexity index is 716. The molecule has 0 aliphatic carbocycles. The molecule has 1 aromatic carbocycles. The van der Waals surface area contributed by atoms with Crippen LogP contribution in [0, 0.1) is 30.9 Å². The molecule has 1 aromatic heterocycles. The maximum absolute atomic E-state index is 12.4. The van der Waals surface area contributed by atoms with Gasteiger partial charge in [-0.25, -0.2) is 0 Å². The summed E-state index contributed by atoms with van der Waals surface area (Å²) in [5.74, 6) is -0.265. The van der Waals surface area contributed by atoms with Crippen LogP contribution in [0.5, 0.6) is 0 Å². The van der Waals surface area contributed by atoms with Gasteiger partial charge in [-0.2, -0.15) is 5.10 Å². The third kappa shape index (κ3) is 2.83. The molecule has 7 heteroatoms. The molecule has 0 fully saturated rings. The van der Waals surface area contributed by atoms with E-state index in [-0.39, 0.29) is 11.6 Å². The summed E-state index contributed by atoms with van der Waals surface area (Å²) in [6, 6.07) is 5.10. The lowest BCUT2D eigenvalue weighted by molar-refractivity contribution is -0.385. The molecule has 2 aromatic rings. The molecule has 2 rings (SSSR count). The van der Waals surface area contributed by atoms with E-state index in [4.69, 9.17) is 0 Å². The molecule has 0 aliphatic heterocycles. The fourth-order valence-corrected chi connectivity index (χ4v) is 2.33. The van der Waals surface area contributed by atoms with Gasteiger partial charge in [-0.15, -0.1) is 0 Å². The maximum atomic E-state index is 12.4. The minimum absolute atomic E-state index is 0.0910. The topological polar surface area (TPSA) is 90.1 Å². The van der Waals surface area contributed by atoms with E-state index in [0.29, 0.717) is 5.69 Å². The third-order valence-electron chi connectivity index (χ3n) is 3.69. The van der Waals surface area contributed by atoms with E-state index >= 15 is 0 Å². The summed E-state index contributed by atoms with van der Waals surface area (Å²) in [5, 5.41) is 17.7. The van der Waals surface area contributed by atoms with Crippen LogP contribution in [0.2, 0.25) is 0 Å². The van der Waals surface area contributed by atoms with Crippen LogP contribution in [-0.2, 0) is 4.79 Å². The van der Waals surface area contributed by atoms with Crippen LogP contribution in [0.1, 0.15) is 29.8 Å². The summed E-state index contributed by atoms with van der Waals surface area (Å²) < 4.78 is 1.36. The molecule has 0 saturated heterocycles. The zero-order valence-corrected chi connectivity index (χ0v) is 13.0. The number of rotatable bonds is 4. The summed E-state index contributed by atoms with van der Waals surface area (Å²) in [6.07, 6.45) is 1.16. The Hall–Kier alpha value is -2.70. The molecule has 7 nitrogen and oxygen atoms in total. The van der Waals surface area contributed by atoms with Gasteiger partial charge in [0.05, 0.1) is 4.92 Å². The highest BCUT2D eigenvalue weighted by Gasteiger charge is 2.24. The number of para-hydroxylation sites is 1. The minimum Gasteiger partial charge on any atom is -0.324 e. The van der Waals surface area contributed by atoms with Crippen molar-refractivity contribution in [2.24, 2.45) is 0 Å². The summed E-state index contributed by atoms with van der Waals surface area (Å²) in [6.45, 7) is 7.06. The van der Waals surface area contributed by atoms with Crippen molar-refractivity contribution < 1.29 is 9.72 Å². The normalized spacial score (nSPS) is 12.0. The quantitative estimate of drug-likeness (QED) is 0.694.